The molecule has 0 spiro atoms. The summed E-state index contributed by atoms with van der Waals surface area (Å²) in [6.45, 7) is -3.90. The number of carboxylic acid groups (broad SMARTS) is 1. The molecule has 0 fully saturated rings. The predicted octanol–water partition coefficient (Wildman–Crippen LogP) is 5.79. The van der Waals surface area contributed by atoms with E-state index in [1.165, 1.54) is 0 Å². The highest BCUT2D eigenvalue weighted by atomic mass is 19.1. The van der Waals surface area contributed by atoms with E-state index in [2.05, 4.69) is 0 Å². The van der Waals surface area contributed by atoms with E-state index in [1.54, 1.807) is 0 Å². The second-order valence-corrected chi connectivity index (χ2v) is 6.71. The van der Waals surface area contributed by atoms with Crippen molar-refractivity contribution in [3.63, 3.8) is 0 Å². The molecule has 2 nitrogen and oxygen atoms in total. The van der Waals surface area contributed by atoms with E-state index in [-0.39, 0.29) is 38.5 Å². The Morgan fingerprint density at radius 3 is 1.28 bits per heavy atom. The maximum atomic E-state index is 13.3. The fourth-order valence-corrected chi connectivity index (χ4v) is 4.16. The maximum absolute atomic E-state index is 13.3. The van der Waals surface area contributed by atoms with Gasteiger partial charge in [-0.15, -0.1) is 0 Å². The van der Waals surface area contributed by atoms with Gasteiger partial charge in [-0.1, -0.05) is 12.8 Å². The highest BCUT2D eigenvalue weighted by Gasteiger charge is 2.49. The van der Waals surface area contributed by atoms with Gasteiger partial charge >= 0.3 is 5.97 Å². The summed E-state index contributed by atoms with van der Waals surface area (Å²) in [5, 5.41) is 8.66. The molecule has 25 heavy (non-hydrogen) atoms. The number of halogens is 5. The number of aliphatic carboxylic acids is 1. The second kappa shape index (κ2) is 13.3. The van der Waals surface area contributed by atoms with E-state index in [0.29, 0.717) is 25.7 Å². The normalized spacial score (nSPS) is 12.5. The van der Waals surface area contributed by atoms with Crippen LogP contribution >= 0.6 is 0 Å². The Morgan fingerprint density at radius 2 is 0.960 bits per heavy atom. The highest BCUT2D eigenvalue weighted by molar-refractivity contribution is 5.66. The summed E-state index contributed by atoms with van der Waals surface area (Å²) >= 11 is 0. The monoisotopic (exact) mass is 374 g/mol. The largest absolute Gasteiger partial charge is 0.481 e. The summed E-state index contributed by atoms with van der Waals surface area (Å²) in [5.41, 5.74) is -2.12. The zero-order chi connectivity index (χ0) is 19.2. The zero-order valence-electron chi connectivity index (χ0n) is 14.9. The van der Waals surface area contributed by atoms with Crippen LogP contribution in [0.15, 0.2) is 0 Å². The number of hydrogen-bond donors (Lipinski definition) is 1. The molecule has 7 heteroatoms. The van der Waals surface area contributed by atoms with Gasteiger partial charge in [0.1, 0.15) is 0 Å². The molecule has 0 rings (SSSR count). The van der Waals surface area contributed by atoms with Crippen LogP contribution in [0.1, 0.15) is 64.2 Å². The minimum absolute atomic E-state index is 0.00377. The molecule has 0 aromatic rings. The lowest BCUT2D eigenvalue weighted by atomic mass is 9.54. The molecule has 0 saturated heterocycles. The molecule has 0 aromatic carbocycles. The summed E-state index contributed by atoms with van der Waals surface area (Å²) < 4.78 is 66.1. The summed E-state index contributed by atoms with van der Waals surface area (Å²) in [5.74, 6) is -0.916. The molecule has 0 saturated carbocycles. The first-order valence-electron chi connectivity index (χ1n) is 8.99. The van der Waals surface area contributed by atoms with Gasteiger partial charge < -0.3 is 5.11 Å². The van der Waals surface area contributed by atoms with Crippen molar-refractivity contribution in [1.29, 1.82) is 0 Å². The first-order valence-corrected chi connectivity index (χ1v) is 8.99. The van der Waals surface area contributed by atoms with Gasteiger partial charge in [-0.05, 0) is 55.8 Å². The van der Waals surface area contributed by atoms with Crippen molar-refractivity contribution < 1.29 is 31.9 Å². The topological polar surface area (TPSA) is 37.3 Å². The fourth-order valence-electron chi connectivity index (χ4n) is 4.16. The third kappa shape index (κ3) is 7.48. The molecule has 0 heterocycles. The fraction of sp³-hybridized carbons (Fsp3) is 0.944. The van der Waals surface area contributed by atoms with Gasteiger partial charge in [0, 0.05) is 6.42 Å². The number of rotatable bonds is 17. The van der Waals surface area contributed by atoms with Gasteiger partial charge in [0.25, 0.3) is 0 Å². The van der Waals surface area contributed by atoms with Gasteiger partial charge in [0.2, 0.25) is 0 Å². The minimum Gasteiger partial charge on any atom is -0.481 e. The van der Waals surface area contributed by atoms with Gasteiger partial charge in [-0.2, -0.15) is 0 Å². The zero-order valence-corrected chi connectivity index (χ0v) is 14.9. The Kier molecular flexibility index (Phi) is 12.9. The average Bonchev–Trinajstić information content (AvgIpc) is 2.55. The molecule has 0 amide bonds. The molecule has 0 aliphatic heterocycles. The lowest BCUT2D eigenvalue weighted by Gasteiger charge is -2.51. The lowest BCUT2D eigenvalue weighted by molar-refractivity contribution is -0.137. The molecular formula is C18H31F5O2. The van der Waals surface area contributed by atoms with Crippen LogP contribution in [0, 0.1) is 10.8 Å². The predicted molar refractivity (Wildman–Crippen MR) is 88.5 cm³/mol. The van der Waals surface area contributed by atoms with Crippen molar-refractivity contribution in [3.8, 4) is 0 Å². The van der Waals surface area contributed by atoms with Crippen LogP contribution in [0.25, 0.3) is 0 Å². The average molecular weight is 374 g/mol. The van der Waals surface area contributed by atoms with Crippen LogP contribution in [0.2, 0.25) is 0 Å². The molecule has 1 N–H and O–H groups in total. The number of unbranched alkanes of at least 4 members (excludes halogenated alkanes) is 2. The standard InChI is InChI=1S/C18H31F5O2/c19-11-6-17(7-12-20,5-3-1-2-4-16(24)25)18(8-13-21,9-14-22)10-15-23/h1-15H2,(H,24,25). The van der Waals surface area contributed by atoms with E-state index in [4.69, 9.17) is 5.11 Å². The SMILES string of the molecule is O=C(O)CCCCCC(CCF)(CCF)C(CCF)(CCF)CCF. The van der Waals surface area contributed by atoms with Crippen molar-refractivity contribution in [2.45, 2.75) is 64.2 Å². The van der Waals surface area contributed by atoms with Gasteiger partial charge in [-0.3, -0.25) is 26.7 Å². The minimum atomic E-state index is -1.11. The van der Waals surface area contributed by atoms with Gasteiger partial charge in [0.05, 0.1) is 33.4 Å². The van der Waals surface area contributed by atoms with E-state index < -0.39 is 50.2 Å². The summed E-state index contributed by atoms with van der Waals surface area (Å²) in [6.07, 6.45) is 1.33. The number of hydrogen-bond acceptors (Lipinski definition) is 1. The van der Waals surface area contributed by atoms with Crippen LogP contribution in [0.4, 0.5) is 22.0 Å². The van der Waals surface area contributed by atoms with Gasteiger partial charge in [0.15, 0.2) is 0 Å². The third-order valence-electron chi connectivity index (χ3n) is 5.54. The maximum Gasteiger partial charge on any atom is 0.303 e. The van der Waals surface area contributed by atoms with Crippen molar-refractivity contribution in [2.75, 3.05) is 33.4 Å². The molecule has 150 valence electrons. The first-order chi connectivity index (χ1) is 12.0. The summed E-state index contributed by atoms with van der Waals surface area (Å²) in [4.78, 5) is 10.6. The van der Waals surface area contributed by atoms with Crippen molar-refractivity contribution >= 4 is 5.97 Å². The lowest BCUT2D eigenvalue weighted by Crippen LogP contribution is -2.45. The van der Waals surface area contributed by atoms with E-state index in [1.807, 2.05) is 0 Å². The number of alkyl halides is 5. The van der Waals surface area contributed by atoms with Crippen LogP contribution in [-0.4, -0.2) is 44.4 Å². The van der Waals surface area contributed by atoms with Crippen molar-refractivity contribution in [3.05, 3.63) is 0 Å². The molecular weight excluding hydrogens is 343 g/mol. The van der Waals surface area contributed by atoms with E-state index >= 15 is 0 Å². The van der Waals surface area contributed by atoms with Gasteiger partial charge in [-0.25, -0.2) is 0 Å². The summed E-state index contributed by atoms with van der Waals surface area (Å²) in [6, 6.07) is 0. The highest BCUT2D eigenvalue weighted by Crippen LogP contribution is 2.55. The smallest absolute Gasteiger partial charge is 0.303 e. The number of carboxylic acids is 1. The molecule has 0 aliphatic rings. The second-order valence-electron chi connectivity index (χ2n) is 6.71. The Hall–Kier alpha value is -0.880. The van der Waals surface area contributed by atoms with E-state index in [0.717, 1.165) is 0 Å². The van der Waals surface area contributed by atoms with Crippen LogP contribution in [0.5, 0.6) is 0 Å². The van der Waals surface area contributed by atoms with Crippen LogP contribution < -0.4 is 0 Å². The molecule has 0 atom stereocenters. The van der Waals surface area contributed by atoms with Crippen LogP contribution in [0.3, 0.4) is 0 Å². The quantitative estimate of drug-likeness (QED) is 0.258. The first kappa shape index (κ1) is 24.1. The Morgan fingerprint density at radius 1 is 0.600 bits per heavy atom. The van der Waals surface area contributed by atoms with Crippen molar-refractivity contribution in [2.24, 2.45) is 10.8 Å². The molecule has 0 unspecified atom stereocenters. The number of carbonyl (C=O) groups is 1. The Bertz CT molecular complexity index is 329. The molecule has 0 bridgehead atoms. The molecule has 0 aliphatic carbocycles. The molecule has 0 radical (unpaired) electrons. The molecule has 0 aromatic heterocycles. The summed E-state index contributed by atoms with van der Waals surface area (Å²) in [7, 11) is 0. The van der Waals surface area contributed by atoms with Crippen molar-refractivity contribution in [1.82, 2.24) is 0 Å². The third-order valence-corrected chi connectivity index (χ3v) is 5.54. The van der Waals surface area contributed by atoms with E-state index in [9.17, 15) is 26.7 Å². The van der Waals surface area contributed by atoms with Crippen LogP contribution in [-0.2, 0) is 4.79 Å². The Labute approximate surface area is 147 Å². The Balaban J connectivity index is 5.42.